The summed E-state index contributed by atoms with van der Waals surface area (Å²) in [5.41, 5.74) is 0. The molecule has 0 aliphatic rings. The first-order valence-electron chi connectivity index (χ1n) is 8.01. The number of para-hydroxylation sites is 1. The van der Waals surface area contributed by atoms with Gasteiger partial charge in [-0.25, -0.2) is 0 Å². The van der Waals surface area contributed by atoms with Crippen molar-refractivity contribution in [3.63, 3.8) is 0 Å². The normalized spacial score (nSPS) is 13.0. The van der Waals surface area contributed by atoms with E-state index in [0.717, 1.165) is 19.3 Å². The first-order valence-corrected chi connectivity index (χ1v) is 9.62. The highest BCUT2D eigenvalue weighted by molar-refractivity contribution is 7.85. The fourth-order valence-electron chi connectivity index (χ4n) is 2.14. The fourth-order valence-corrected chi connectivity index (χ4v) is 2.83. The van der Waals surface area contributed by atoms with Crippen molar-refractivity contribution in [2.24, 2.45) is 0 Å². The zero-order chi connectivity index (χ0) is 17.0. The molecule has 0 fully saturated rings. The lowest BCUT2D eigenvalue weighted by atomic mass is 10.1. The number of hydrogen-bond donors (Lipinski definition) is 1. The number of rotatable bonds is 13. The molecule has 0 aliphatic carbocycles. The van der Waals surface area contributed by atoms with Gasteiger partial charge in [0.05, 0.1) is 0 Å². The van der Waals surface area contributed by atoms with Gasteiger partial charge in [-0.05, 0) is 23.6 Å². The summed E-state index contributed by atoms with van der Waals surface area (Å²) in [5, 5.41) is 4.65. The topological polar surface area (TPSA) is 82.1 Å². The molecule has 0 heterocycles. The molecular weight excluding hydrogens is 320 g/mol. The Morgan fingerprint density at radius 1 is 1.04 bits per heavy atom. The Morgan fingerprint density at radius 2 is 1.70 bits per heavy atom. The summed E-state index contributed by atoms with van der Waals surface area (Å²) in [6.07, 6.45) is 6.17. The van der Waals surface area contributed by atoms with Crippen molar-refractivity contribution in [2.45, 2.75) is 58.0 Å². The molecule has 1 aromatic carbocycles. The van der Waals surface area contributed by atoms with Crippen LogP contribution in [0.1, 0.15) is 51.9 Å². The Bertz CT molecular complexity index is 503. The number of unbranched alkanes of at least 4 members (excludes halogenated alkanes) is 5. The van der Waals surface area contributed by atoms with Crippen molar-refractivity contribution >= 4 is 10.1 Å². The lowest BCUT2D eigenvalue weighted by molar-refractivity contribution is -0.480. The lowest BCUT2D eigenvalue weighted by Crippen LogP contribution is -2.24. The van der Waals surface area contributed by atoms with Gasteiger partial charge in [0, 0.05) is 0 Å². The van der Waals surface area contributed by atoms with E-state index in [1.807, 2.05) is 6.07 Å². The molecule has 1 rings (SSSR count). The first-order chi connectivity index (χ1) is 11.0. The van der Waals surface area contributed by atoms with Crippen LogP contribution in [0.2, 0.25) is 0 Å². The molecule has 1 atom stereocenters. The van der Waals surface area contributed by atoms with Crippen LogP contribution in [0.25, 0.3) is 0 Å². The summed E-state index contributed by atoms with van der Waals surface area (Å²) in [4.78, 5) is 9.90. The highest BCUT2D eigenvalue weighted by Gasteiger charge is 2.19. The average molecular weight is 346 g/mol. The van der Waals surface area contributed by atoms with E-state index < -0.39 is 22.0 Å². The van der Waals surface area contributed by atoms with Crippen LogP contribution in [-0.4, -0.2) is 24.8 Å². The quantitative estimate of drug-likeness (QED) is 0.252. The third kappa shape index (κ3) is 11.1. The predicted octanol–water partition coefficient (Wildman–Crippen LogP) is 3.94. The van der Waals surface area contributed by atoms with Crippen LogP contribution in [0.5, 0.6) is 5.75 Å². The molecule has 1 unspecified atom stereocenters. The van der Waals surface area contributed by atoms with Crippen LogP contribution in [0.15, 0.2) is 30.3 Å². The molecule has 0 radical (unpaired) electrons. The highest BCUT2D eigenvalue weighted by Crippen LogP contribution is 2.14. The minimum absolute atomic E-state index is 0.442. The van der Waals surface area contributed by atoms with E-state index in [1.165, 1.54) is 19.3 Å². The maximum atomic E-state index is 11.0. The van der Waals surface area contributed by atoms with E-state index in [1.54, 1.807) is 24.3 Å². The summed E-state index contributed by atoms with van der Waals surface area (Å²) < 4.78 is 31.0. The average Bonchev–Trinajstić information content (AvgIpc) is 2.50. The van der Waals surface area contributed by atoms with Crippen molar-refractivity contribution in [1.29, 1.82) is 0 Å². The SMILES string of the molecule is CCCCCCCCC(CS(=O)(=O)O)OOOc1ccccc1. The summed E-state index contributed by atoms with van der Waals surface area (Å²) in [5.74, 6) is -0.0715. The zero-order valence-electron chi connectivity index (χ0n) is 13.5. The third-order valence-corrected chi connectivity index (χ3v) is 4.12. The molecule has 1 aromatic rings. The number of benzene rings is 1. The lowest BCUT2D eigenvalue weighted by Gasteiger charge is -2.14. The van der Waals surface area contributed by atoms with Gasteiger partial charge in [-0.1, -0.05) is 63.6 Å². The Hall–Kier alpha value is -1.15. The first kappa shape index (κ1) is 19.9. The van der Waals surface area contributed by atoms with Crippen LogP contribution >= 0.6 is 0 Å². The molecule has 0 bridgehead atoms. The van der Waals surface area contributed by atoms with Crippen LogP contribution in [0.3, 0.4) is 0 Å². The molecule has 0 aromatic heterocycles. The zero-order valence-corrected chi connectivity index (χ0v) is 14.3. The molecular formula is C16H26O6S. The molecule has 23 heavy (non-hydrogen) atoms. The van der Waals surface area contributed by atoms with Crippen LogP contribution < -0.4 is 4.89 Å². The van der Waals surface area contributed by atoms with Crippen molar-refractivity contribution in [3.05, 3.63) is 30.3 Å². The van der Waals surface area contributed by atoms with Gasteiger partial charge in [0.25, 0.3) is 10.1 Å². The maximum absolute atomic E-state index is 11.0. The summed E-state index contributed by atoms with van der Waals surface area (Å²) in [6.45, 7) is 2.15. The van der Waals surface area contributed by atoms with Gasteiger partial charge in [-0.2, -0.15) is 13.3 Å². The Morgan fingerprint density at radius 3 is 2.35 bits per heavy atom. The minimum atomic E-state index is -4.13. The number of hydrogen-bond acceptors (Lipinski definition) is 5. The van der Waals surface area contributed by atoms with Crippen LogP contribution in [0.4, 0.5) is 0 Å². The Kier molecular flexibility index (Phi) is 9.86. The van der Waals surface area contributed by atoms with E-state index >= 15 is 0 Å². The van der Waals surface area contributed by atoms with Gasteiger partial charge in [-0.3, -0.25) is 4.55 Å². The standard InChI is InChI=1S/C16H26O6S/c1-2-3-4-5-6-8-13-16(14-23(17,18)19)21-22-20-15-11-9-7-10-12-15/h7,9-12,16H,2-6,8,13-14H2,1H3,(H,17,18,19). The third-order valence-electron chi connectivity index (χ3n) is 3.32. The van der Waals surface area contributed by atoms with E-state index in [-0.39, 0.29) is 0 Å². The molecule has 0 aliphatic heterocycles. The fraction of sp³-hybridized carbons (Fsp3) is 0.625. The van der Waals surface area contributed by atoms with Crippen LogP contribution in [-0.2, 0) is 20.0 Å². The molecule has 0 saturated heterocycles. The second kappa shape index (κ2) is 11.4. The largest absolute Gasteiger partial charge is 0.308 e. The summed E-state index contributed by atoms with van der Waals surface area (Å²) in [7, 11) is -4.13. The molecule has 132 valence electrons. The Balaban J connectivity index is 2.30. The van der Waals surface area contributed by atoms with E-state index in [4.69, 9.17) is 14.3 Å². The molecule has 7 heteroatoms. The smallest absolute Gasteiger partial charge is 0.267 e. The summed E-state index contributed by atoms with van der Waals surface area (Å²) >= 11 is 0. The maximum Gasteiger partial charge on any atom is 0.267 e. The van der Waals surface area contributed by atoms with Gasteiger partial charge in [0.15, 0.2) is 5.75 Å². The van der Waals surface area contributed by atoms with E-state index in [2.05, 4.69) is 12.0 Å². The predicted molar refractivity (Wildman–Crippen MR) is 87.4 cm³/mol. The van der Waals surface area contributed by atoms with Gasteiger partial charge >= 0.3 is 0 Å². The van der Waals surface area contributed by atoms with Gasteiger partial charge in [0.1, 0.15) is 11.9 Å². The van der Waals surface area contributed by atoms with E-state index in [0.29, 0.717) is 12.2 Å². The van der Waals surface area contributed by atoms with E-state index in [9.17, 15) is 8.42 Å². The molecule has 0 spiro atoms. The van der Waals surface area contributed by atoms with Gasteiger partial charge < -0.3 is 4.89 Å². The highest BCUT2D eigenvalue weighted by atomic mass is 32.2. The monoisotopic (exact) mass is 346 g/mol. The van der Waals surface area contributed by atoms with Crippen molar-refractivity contribution < 1.29 is 27.8 Å². The second-order valence-electron chi connectivity index (χ2n) is 5.49. The van der Waals surface area contributed by atoms with Gasteiger partial charge in [0.2, 0.25) is 0 Å². The second-order valence-corrected chi connectivity index (χ2v) is 6.98. The molecule has 0 amide bonds. The summed E-state index contributed by atoms with van der Waals surface area (Å²) in [6, 6.07) is 8.71. The Labute approximate surface area is 138 Å². The van der Waals surface area contributed by atoms with Crippen molar-refractivity contribution in [2.75, 3.05) is 5.75 Å². The minimum Gasteiger partial charge on any atom is -0.308 e. The van der Waals surface area contributed by atoms with Crippen LogP contribution in [0, 0.1) is 0 Å². The molecule has 6 nitrogen and oxygen atoms in total. The van der Waals surface area contributed by atoms with Crippen molar-refractivity contribution in [3.8, 4) is 5.75 Å². The van der Waals surface area contributed by atoms with Crippen molar-refractivity contribution in [1.82, 2.24) is 0 Å². The van der Waals surface area contributed by atoms with Gasteiger partial charge in [-0.15, -0.1) is 0 Å². The molecule has 1 N–H and O–H groups in total. The molecule has 0 saturated carbocycles.